The maximum absolute atomic E-state index is 12.2. The molecule has 0 aromatic carbocycles. The van der Waals surface area contributed by atoms with Crippen LogP contribution in [-0.4, -0.2) is 45.7 Å². The lowest BCUT2D eigenvalue weighted by Gasteiger charge is -2.24. The van der Waals surface area contributed by atoms with Crippen LogP contribution in [-0.2, 0) is 24.3 Å². The summed E-state index contributed by atoms with van der Waals surface area (Å²) in [6, 6.07) is -1.72. The van der Waals surface area contributed by atoms with Crippen molar-refractivity contribution in [1.29, 1.82) is 0 Å². The second-order valence-electron chi connectivity index (χ2n) is 5.83. The molecule has 124 valence electrons. The number of rotatable bonds is 8. The van der Waals surface area contributed by atoms with Gasteiger partial charge in [0.25, 0.3) is 0 Å². The Kier molecular flexibility index (Phi) is 7.87. The molecule has 0 aromatic rings. The summed E-state index contributed by atoms with van der Waals surface area (Å²) in [7, 11) is -2.28. The molecule has 21 heavy (non-hydrogen) atoms. The molecule has 0 fully saturated rings. The van der Waals surface area contributed by atoms with Gasteiger partial charge < -0.3 is 10.1 Å². The normalized spacial score (nSPS) is 14.9. The number of carbonyl (C=O) groups is 2. The van der Waals surface area contributed by atoms with Gasteiger partial charge >= 0.3 is 5.97 Å². The number of sulfonamides is 1. The summed E-state index contributed by atoms with van der Waals surface area (Å²) in [5.74, 6) is -1.14. The monoisotopic (exact) mass is 322 g/mol. The lowest BCUT2D eigenvalue weighted by Crippen LogP contribution is -2.53. The number of hydrogen-bond donors (Lipinski definition) is 2. The van der Waals surface area contributed by atoms with Crippen LogP contribution in [0.1, 0.15) is 34.1 Å². The van der Waals surface area contributed by atoms with Crippen LogP contribution in [0.4, 0.5) is 0 Å². The molecule has 0 aliphatic carbocycles. The second-order valence-corrected chi connectivity index (χ2v) is 7.61. The van der Waals surface area contributed by atoms with Crippen LogP contribution in [0.5, 0.6) is 0 Å². The van der Waals surface area contributed by atoms with Crippen molar-refractivity contribution in [3.63, 3.8) is 0 Å². The van der Waals surface area contributed by atoms with Crippen LogP contribution in [0.2, 0.25) is 0 Å². The number of hydrogen-bond acceptors (Lipinski definition) is 5. The van der Waals surface area contributed by atoms with E-state index in [1.165, 1.54) is 7.11 Å². The van der Waals surface area contributed by atoms with E-state index >= 15 is 0 Å². The highest BCUT2D eigenvalue weighted by atomic mass is 32.2. The minimum absolute atomic E-state index is 0.116. The van der Waals surface area contributed by atoms with Crippen LogP contribution in [0.25, 0.3) is 0 Å². The summed E-state index contributed by atoms with van der Waals surface area (Å²) < 4.78 is 29.6. The third kappa shape index (κ3) is 8.01. The third-order valence-electron chi connectivity index (χ3n) is 2.80. The summed E-state index contributed by atoms with van der Waals surface area (Å²) in [4.78, 5) is 23.9. The van der Waals surface area contributed by atoms with Crippen LogP contribution in [0.15, 0.2) is 0 Å². The van der Waals surface area contributed by atoms with E-state index in [9.17, 15) is 18.0 Å². The summed E-state index contributed by atoms with van der Waals surface area (Å²) in [6.45, 7) is 7.29. The lowest BCUT2D eigenvalue weighted by molar-refractivity contribution is -0.146. The van der Waals surface area contributed by atoms with Crippen LogP contribution < -0.4 is 10.0 Å². The van der Waals surface area contributed by atoms with E-state index in [1.807, 2.05) is 13.8 Å². The first-order chi connectivity index (χ1) is 9.47. The average Bonchev–Trinajstić information content (AvgIpc) is 2.31. The lowest BCUT2D eigenvalue weighted by atomic mass is 10.0. The quantitative estimate of drug-likeness (QED) is 0.624. The van der Waals surface area contributed by atoms with E-state index in [4.69, 9.17) is 0 Å². The van der Waals surface area contributed by atoms with E-state index < -0.39 is 34.0 Å². The van der Waals surface area contributed by atoms with Crippen molar-refractivity contribution in [2.45, 2.75) is 46.2 Å². The molecular formula is C13H26N2O5S. The van der Waals surface area contributed by atoms with Crippen LogP contribution in [0, 0.1) is 11.8 Å². The van der Waals surface area contributed by atoms with Crippen LogP contribution >= 0.6 is 0 Å². The zero-order chi connectivity index (χ0) is 16.8. The Bertz CT molecular complexity index is 459. The van der Waals surface area contributed by atoms with Crippen molar-refractivity contribution in [2.75, 3.05) is 13.4 Å². The SMILES string of the molecule is COC(=O)C(NC(=O)C(CC(C)C)NS(C)(=O)=O)C(C)C. The summed E-state index contributed by atoms with van der Waals surface area (Å²) >= 11 is 0. The van der Waals surface area contributed by atoms with E-state index in [1.54, 1.807) is 13.8 Å². The van der Waals surface area contributed by atoms with Crippen molar-refractivity contribution in [3.05, 3.63) is 0 Å². The molecule has 0 aliphatic heterocycles. The highest BCUT2D eigenvalue weighted by Crippen LogP contribution is 2.09. The molecule has 0 saturated carbocycles. The van der Waals surface area contributed by atoms with Gasteiger partial charge in [-0.25, -0.2) is 17.9 Å². The molecule has 1 amide bonds. The van der Waals surface area contributed by atoms with Crippen LogP contribution in [0.3, 0.4) is 0 Å². The molecular weight excluding hydrogens is 296 g/mol. The maximum atomic E-state index is 12.2. The second kappa shape index (κ2) is 8.33. The fraction of sp³-hybridized carbons (Fsp3) is 0.846. The number of amides is 1. The van der Waals surface area contributed by atoms with Gasteiger partial charge in [-0.1, -0.05) is 27.7 Å². The Morgan fingerprint density at radius 3 is 2.00 bits per heavy atom. The minimum Gasteiger partial charge on any atom is -0.467 e. The molecule has 0 rings (SSSR count). The number of ether oxygens (including phenoxy) is 1. The van der Waals surface area contributed by atoms with E-state index in [-0.39, 0.29) is 11.8 Å². The number of esters is 1. The smallest absolute Gasteiger partial charge is 0.328 e. The van der Waals surface area contributed by atoms with Gasteiger partial charge in [-0.15, -0.1) is 0 Å². The molecule has 7 nitrogen and oxygen atoms in total. The van der Waals surface area contributed by atoms with Gasteiger partial charge in [0.05, 0.1) is 13.4 Å². The van der Waals surface area contributed by atoms with Crippen molar-refractivity contribution in [1.82, 2.24) is 10.0 Å². The van der Waals surface area contributed by atoms with Crippen molar-refractivity contribution >= 4 is 21.9 Å². The molecule has 0 spiro atoms. The van der Waals surface area contributed by atoms with Gasteiger partial charge in [0, 0.05) is 0 Å². The van der Waals surface area contributed by atoms with Crippen molar-refractivity contribution < 1.29 is 22.7 Å². The molecule has 0 aliphatic rings. The molecule has 0 heterocycles. The Balaban J connectivity index is 5.06. The predicted octanol–water partition coefficient (Wildman–Crippen LogP) is 0.264. The van der Waals surface area contributed by atoms with E-state index in [0.29, 0.717) is 6.42 Å². The van der Waals surface area contributed by atoms with Gasteiger partial charge in [0.2, 0.25) is 15.9 Å². The Morgan fingerprint density at radius 2 is 1.67 bits per heavy atom. The van der Waals surface area contributed by atoms with Gasteiger partial charge in [-0.2, -0.15) is 0 Å². The third-order valence-corrected chi connectivity index (χ3v) is 3.51. The predicted molar refractivity (Wildman–Crippen MR) is 80.0 cm³/mol. The molecule has 0 radical (unpaired) electrons. The van der Waals surface area contributed by atoms with Crippen molar-refractivity contribution in [2.24, 2.45) is 11.8 Å². The van der Waals surface area contributed by atoms with Gasteiger partial charge in [0.1, 0.15) is 12.1 Å². The molecule has 8 heteroatoms. The molecule has 0 saturated heterocycles. The number of methoxy groups -OCH3 is 1. The highest BCUT2D eigenvalue weighted by Gasteiger charge is 2.30. The summed E-state index contributed by atoms with van der Waals surface area (Å²) in [6.07, 6.45) is 1.33. The molecule has 2 atom stereocenters. The zero-order valence-corrected chi connectivity index (χ0v) is 14.3. The minimum atomic E-state index is -3.52. The number of carbonyl (C=O) groups excluding carboxylic acids is 2. The van der Waals surface area contributed by atoms with E-state index in [2.05, 4.69) is 14.8 Å². The first-order valence-corrected chi connectivity index (χ1v) is 8.72. The van der Waals surface area contributed by atoms with E-state index in [0.717, 1.165) is 6.26 Å². The first kappa shape index (κ1) is 19.9. The van der Waals surface area contributed by atoms with Crippen molar-refractivity contribution in [3.8, 4) is 0 Å². The highest BCUT2D eigenvalue weighted by molar-refractivity contribution is 7.88. The topological polar surface area (TPSA) is 102 Å². The summed E-state index contributed by atoms with van der Waals surface area (Å²) in [5, 5.41) is 2.55. The fourth-order valence-corrected chi connectivity index (χ4v) is 2.54. The van der Waals surface area contributed by atoms with Gasteiger partial charge in [-0.3, -0.25) is 4.79 Å². The van der Waals surface area contributed by atoms with Gasteiger partial charge in [0.15, 0.2) is 0 Å². The maximum Gasteiger partial charge on any atom is 0.328 e. The Morgan fingerprint density at radius 1 is 1.14 bits per heavy atom. The molecule has 0 aromatic heterocycles. The standard InChI is InChI=1S/C13H26N2O5S/c1-8(2)7-10(15-21(6,18)19)12(16)14-11(9(3)4)13(17)20-5/h8-11,15H,7H2,1-6H3,(H,14,16). The Hall–Kier alpha value is -1.15. The molecule has 0 bridgehead atoms. The first-order valence-electron chi connectivity index (χ1n) is 6.83. The summed E-state index contributed by atoms with van der Waals surface area (Å²) in [5.41, 5.74) is 0. The molecule has 2 N–H and O–H groups in total. The fourth-order valence-electron chi connectivity index (χ4n) is 1.82. The number of nitrogens with one attached hydrogen (secondary N) is 2. The zero-order valence-electron chi connectivity index (χ0n) is 13.5. The van der Waals surface area contributed by atoms with Gasteiger partial charge in [-0.05, 0) is 18.3 Å². The molecule has 2 unspecified atom stereocenters. The average molecular weight is 322 g/mol. The largest absolute Gasteiger partial charge is 0.467 e. The Labute approximate surface area is 126 Å².